The van der Waals surface area contributed by atoms with Gasteiger partial charge in [-0.1, -0.05) is 30.0 Å². The van der Waals surface area contributed by atoms with Crippen LogP contribution in [0.5, 0.6) is 0 Å². The predicted molar refractivity (Wildman–Crippen MR) is 68.1 cm³/mol. The van der Waals surface area contributed by atoms with Crippen LogP contribution in [0.4, 0.5) is 0 Å². The van der Waals surface area contributed by atoms with Crippen molar-refractivity contribution in [3.63, 3.8) is 0 Å². The predicted octanol–water partition coefficient (Wildman–Crippen LogP) is 2.29. The molecule has 0 radical (unpaired) electrons. The molecule has 0 amide bonds. The molecular weight excluding hydrogens is 236 g/mol. The fraction of sp³-hybridized carbons (Fsp3) is 0.538. The quantitative estimate of drug-likeness (QED) is 0.661. The summed E-state index contributed by atoms with van der Waals surface area (Å²) in [5.74, 6) is 0. The molecule has 1 unspecified atom stereocenters. The lowest BCUT2D eigenvalue weighted by molar-refractivity contribution is -0.112. The van der Waals surface area contributed by atoms with E-state index in [1.165, 1.54) is 0 Å². The zero-order chi connectivity index (χ0) is 12.1. The summed E-state index contributed by atoms with van der Waals surface area (Å²) in [6.07, 6.45) is 1.26. The lowest BCUT2D eigenvalue weighted by Crippen LogP contribution is -2.46. The zero-order valence-corrected chi connectivity index (χ0v) is 10.8. The Morgan fingerprint density at radius 2 is 1.94 bits per heavy atom. The van der Waals surface area contributed by atoms with Gasteiger partial charge in [-0.25, -0.2) is 0 Å². The Hall–Kier alpha value is -0.550. The molecule has 1 aromatic rings. The fourth-order valence-electron chi connectivity index (χ4n) is 1.96. The molecule has 1 fully saturated rings. The SMILES string of the molecule is COC(Sc1ccccc1)C1(O)CCOCC1. The smallest absolute Gasteiger partial charge is 0.136 e. The third-order valence-corrected chi connectivity index (χ3v) is 4.39. The van der Waals surface area contributed by atoms with Gasteiger partial charge in [0.15, 0.2) is 0 Å². The standard InChI is InChI=1S/C13H18O3S/c1-15-12(13(14)7-9-16-10-8-13)17-11-5-3-2-4-6-11/h2-6,12,14H,7-10H2,1H3. The molecular formula is C13H18O3S. The Morgan fingerprint density at radius 3 is 2.53 bits per heavy atom. The number of benzene rings is 1. The molecule has 0 aliphatic carbocycles. The van der Waals surface area contributed by atoms with E-state index in [2.05, 4.69) is 0 Å². The fourth-order valence-corrected chi connectivity index (χ4v) is 3.07. The average molecular weight is 254 g/mol. The van der Waals surface area contributed by atoms with Crippen LogP contribution in [0.15, 0.2) is 35.2 Å². The van der Waals surface area contributed by atoms with Gasteiger partial charge in [0.05, 0.1) is 0 Å². The first-order valence-electron chi connectivity index (χ1n) is 5.79. The third kappa shape index (κ3) is 3.22. The molecule has 4 heteroatoms. The summed E-state index contributed by atoms with van der Waals surface area (Å²) in [4.78, 5) is 1.11. The van der Waals surface area contributed by atoms with Gasteiger partial charge < -0.3 is 14.6 Å². The van der Waals surface area contributed by atoms with E-state index in [1.807, 2.05) is 30.3 Å². The minimum atomic E-state index is -0.784. The summed E-state index contributed by atoms with van der Waals surface area (Å²) in [5, 5.41) is 10.6. The monoisotopic (exact) mass is 254 g/mol. The van der Waals surface area contributed by atoms with Crippen LogP contribution in [-0.4, -0.2) is 36.5 Å². The number of hydrogen-bond acceptors (Lipinski definition) is 4. The van der Waals surface area contributed by atoms with E-state index in [4.69, 9.17) is 9.47 Å². The molecule has 1 aromatic carbocycles. The van der Waals surface area contributed by atoms with Crippen LogP contribution in [0.1, 0.15) is 12.8 Å². The van der Waals surface area contributed by atoms with Crippen molar-refractivity contribution in [2.75, 3.05) is 20.3 Å². The molecule has 0 saturated carbocycles. The number of rotatable bonds is 4. The molecule has 2 rings (SSSR count). The molecule has 0 spiro atoms. The summed E-state index contributed by atoms with van der Waals surface area (Å²) in [5.41, 5.74) is -1.03. The molecule has 1 atom stereocenters. The van der Waals surface area contributed by atoms with E-state index in [1.54, 1.807) is 18.9 Å². The second-order valence-electron chi connectivity index (χ2n) is 4.21. The van der Waals surface area contributed by atoms with E-state index in [9.17, 15) is 5.11 Å². The first-order valence-corrected chi connectivity index (χ1v) is 6.67. The van der Waals surface area contributed by atoms with Crippen LogP contribution >= 0.6 is 11.8 Å². The van der Waals surface area contributed by atoms with Gasteiger partial charge in [0.25, 0.3) is 0 Å². The van der Waals surface area contributed by atoms with E-state index in [0.717, 1.165) is 4.90 Å². The molecule has 94 valence electrons. The Kier molecular flexibility index (Phi) is 4.45. The maximum Gasteiger partial charge on any atom is 0.136 e. The summed E-state index contributed by atoms with van der Waals surface area (Å²) in [6, 6.07) is 10.0. The van der Waals surface area contributed by atoms with Crippen molar-refractivity contribution in [3.05, 3.63) is 30.3 Å². The van der Waals surface area contributed by atoms with E-state index in [-0.39, 0.29) is 5.44 Å². The maximum atomic E-state index is 10.6. The van der Waals surface area contributed by atoms with E-state index in [0.29, 0.717) is 26.1 Å². The van der Waals surface area contributed by atoms with Crippen molar-refractivity contribution in [2.45, 2.75) is 28.8 Å². The summed E-state index contributed by atoms with van der Waals surface area (Å²) >= 11 is 1.57. The topological polar surface area (TPSA) is 38.7 Å². The van der Waals surface area contributed by atoms with Gasteiger partial charge in [-0.2, -0.15) is 0 Å². The molecule has 1 saturated heterocycles. The van der Waals surface area contributed by atoms with Gasteiger partial charge in [0, 0.05) is 38.1 Å². The zero-order valence-electron chi connectivity index (χ0n) is 9.96. The van der Waals surface area contributed by atoms with Crippen LogP contribution in [0.2, 0.25) is 0 Å². The van der Waals surface area contributed by atoms with Crippen LogP contribution in [0, 0.1) is 0 Å². The number of thioether (sulfide) groups is 1. The van der Waals surface area contributed by atoms with Gasteiger partial charge in [0.1, 0.15) is 11.0 Å². The van der Waals surface area contributed by atoms with Crippen molar-refractivity contribution < 1.29 is 14.6 Å². The van der Waals surface area contributed by atoms with Crippen LogP contribution < -0.4 is 0 Å². The van der Waals surface area contributed by atoms with Gasteiger partial charge >= 0.3 is 0 Å². The summed E-state index contributed by atoms with van der Waals surface area (Å²) in [6.45, 7) is 1.21. The highest BCUT2D eigenvalue weighted by Crippen LogP contribution is 2.36. The van der Waals surface area contributed by atoms with Gasteiger partial charge in [-0.3, -0.25) is 0 Å². The molecule has 1 aliphatic heterocycles. The van der Waals surface area contributed by atoms with Crippen LogP contribution in [0.3, 0.4) is 0 Å². The highest BCUT2D eigenvalue weighted by molar-refractivity contribution is 7.99. The number of ether oxygens (including phenoxy) is 2. The molecule has 1 heterocycles. The van der Waals surface area contributed by atoms with Crippen molar-refractivity contribution >= 4 is 11.8 Å². The van der Waals surface area contributed by atoms with Crippen molar-refractivity contribution in [1.82, 2.24) is 0 Å². The Labute approximate surface area is 106 Å². The Morgan fingerprint density at radius 1 is 1.29 bits per heavy atom. The highest BCUT2D eigenvalue weighted by Gasteiger charge is 2.39. The number of hydrogen-bond donors (Lipinski definition) is 1. The van der Waals surface area contributed by atoms with Crippen molar-refractivity contribution in [3.8, 4) is 0 Å². The lowest BCUT2D eigenvalue weighted by atomic mass is 9.95. The average Bonchev–Trinajstić information content (AvgIpc) is 2.38. The summed E-state index contributed by atoms with van der Waals surface area (Å²) in [7, 11) is 1.65. The van der Waals surface area contributed by atoms with Gasteiger partial charge in [0.2, 0.25) is 0 Å². The molecule has 0 bridgehead atoms. The second-order valence-corrected chi connectivity index (χ2v) is 5.35. The van der Waals surface area contributed by atoms with E-state index >= 15 is 0 Å². The van der Waals surface area contributed by atoms with Crippen LogP contribution in [0.25, 0.3) is 0 Å². The summed E-state index contributed by atoms with van der Waals surface area (Å²) < 4.78 is 10.7. The maximum absolute atomic E-state index is 10.6. The molecule has 3 nitrogen and oxygen atoms in total. The minimum absolute atomic E-state index is 0.242. The van der Waals surface area contributed by atoms with Crippen LogP contribution in [-0.2, 0) is 9.47 Å². The first kappa shape index (κ1) is 12.9. The third-order valence-electron chi connectivity index (χ3n) is 3.00. The van der Waals surface area contributed by atoms with Gasteiger partial charge in [-0.15, -0.1) is 0 Å². The Balaban J connectivity index is 2.05. The second kappa shape index (κ2) is 5.87. The molecule has 1 N–H and O–H groups in total. The molecule has 17 heavy (non-hydrogen) atoms. The molecule has 1 aliphatic rings. The number of methoxy groups -OCH3 is 1. The largest absolute Gasteiger partial charge is 0.386 e. The van der Waals surface area contributed by atoms with Crippen molar-refractivity contribution in [2.24, 2.45) is 0 Å². The number of aliphatic hydroxyl groups is 1. The lowest BCUT2D eigenvalue weighted by Gasteiger charge is -2.37. The minimum Gasteiger partial charge on any atom is -0.386 e. The van der Waals surface area contributed by atoms with Gasteiger partial charge in [-0.05, 0) is 12.1 Å². The first-order chi connectivity index (χ1) is 8.24. The van der Waals surface area contributed by atoms with Crippen molar-refractivity contribution in [1.29, 1.82) is 0 Å². The molecule has 0 aromatic heterocycles. The highest BCUT2D eigenvalue weighted by atomic mass is 32.2. The Bertz CT molecular complexity index is 336. The van der Waals surface area contributed by atoms with E-state index < -0.39 is 5.60 Å². The normalized spacial score (nSPS) is 21.1.